The van der Waals surface area contributed by atoms with Gasteiger partial charge in [-0.3, -0.25) is 9.59 Å². The molecule has 4 N–H and O–H groups in total. The monoisotopic (exact) mass is 583 g/mol. The van der Waals surface area contributed by atoms with E-state index in [1.165, 1.54) is 0 Å². The molecule has 2 amide bonds. The van der Waals surface area contributed by atoms with Crippen LogP contribution < -0.4 is 21.1 Å². The van der Waals surface area contributed by atoms with Crippen molar-refractivity contribution in [2.45, 2.75) is 51.2 Å². The fourth-order valence-corrected chi connectivity index (χ4v) is 6.02. The summed E-state index contributed by atoms with van der Waals surface area (Å²) in [6, 6.07) is 24.4. The summed E-state index contributed by atoms with van der Waals surface area (Å²) in [6.07, 6.45) is 3.55. The third-order valence-corrected chi connectivity index (χ3v) is 8.48. The molecule has 0 spiro atoms. The molecule has 0 bridgehead atoms. The molecule has 8 heteroatoms. The average molecular weight is 584 g/mol. The maximum absolute atomic E-state index is 14.1. The first kappa shape index (κ1) is 30.7. The fourth-order valence-electron chi connectivity index (χ4n) is 6.02. The Morgan fingerprint density at radius 1 is 0.884 bits per heavy atom. The van der Waals surface area contributed by atoms with Gasteiger partial charge in [-0.25, -0.2) is 0 Å². The quantitative estimate of drug-likeness (QED) is 0.283. The highest BCUT2D eigenvalue weighted by Gasteiger charge is 2.41. The van der Waals surface area contributed by atoms with Crippen molar-refractivity contribution in [3.8, 4) is 11.5 Å². The smallest absolute Gasteiger partial charge is 0.246 e. The number of aryl methyl sites for hydroxylation is 1. The van der Waals surface area contributed by atoms with Crippen LogP contribution >= 0.6 is 0 Å². The average Bonchev–Trinajstić information content (AvgIpc) is 3.03. The number of amides is 2. The molecule has 0 aromatic heterocycles. The van der Waals surface area contributed by atoms with Crippen molar-refractivity contribution in [1.29, 1.82) is 0 Å². The predicted molar refractivity (Wildman–Crippen MR) is 170 cm³/mol. The Kier molecular flexibility index (Phi) is 10.8. The first-order valence-corrected chi connectivity index (χ1v) is 15.6. The molecule has 0 unspecified atom stereocenters. The number of carbonyl (C=O) groups is 2. The highest BCUT2D eigenvalue weighted by molar-refractivity contribution is 5.97. The van der Waals surface area contributed by atoms with Gasteiger partial charge in [0.1, 0.15) is 23.6 Å². The first-order valence-electron chi connectivity index (χ1n) is 15.6. The summed E-state index contributed by atoms with van der Waals surface area (Å²) >= 11 is 0. The summed E-state index contributed by atoms with van der Waals surface area (Å²) in [7, 11) is 0. The zero-order valence-corrected chi connectivity index (χ0v) is 25.2. The maximum Gasteiger partial charge on any atom is 0.246 e. The lowest BCUT2D eigenvalue weighted by Gasteiger charge is -2.42. The molecule has 0 radical (unpaired) electrons. The minimum atomic E-state index is -0.603. The minimum Gasteiger partial charge on any atom is -0.457 e. The summed E-state index contributed by atoms with van der Waals surface area (Å²) in [5.74, 6) is 1.92. The number of nitrogens with two attached hydrogens (primary N) is 1. The van der Waals surface area contributed by atoms with Crippen molar-refractivity contribution in [1.82, 2.24) is 20.4 Å². The SMILES string of the molecule is Cc1ccc(C[C@@H]2NC(=O)[C@H](CN(CCCN)CC3CCNCC3)N(Cc3ccc(Oc4ccccc4)cc3)C2=O)cc1. The predicted octanol–water partition coefficient (Wildman–Crippen LogP) is 3.88. The topological polar surface area (TPSA) is 99.9 Å². The number of nitrogens with zero attached hydrogens (tertiary/aromatic N) is 2. The lowest BCUT2D eigenvalue weighted by atomic mass is 9.96. The van der Waals surface area contributed by atoms with E-state index < -0.39 is 12.1 Å². The lowest BCUT2D eigenvalue weighted by Crippen LogP contribution is -2.66. The Labute approximate surface area is 255 Å². The summed E-state index contributed by atoms with van der Waals surface area (Å²) in [5, 5.41) is 6.53. The largest absolute Gasteiger partial charge is 0.457 e. The first-order chi connectivity index (χ1) is 21.0. The van der Waals surface area contributed by atoms with E-state index in [2.05, 4.69) is 15.5 Å². The molecule has 0 aliphatic carbocycles. The van der Waals surface area contributed by atoms with Crippen molar-refractivity contribution in [2.24, 2.45) is 11.7 Å². The zero-order chi connectivity index (χ0) is 30.0. The van der Waals surface area contributed by atoms with Gasteiger partial charge in [0.05, 0.1) is 0 Å². The molecule has 2 aliphatic heterocycles. The van der Waals surface area contributed by atoms with E-state index in [1.807, 2.05) is 85.8 Å². The third-order valence-electron chi connectivity index (χ3n) is 8.48. The van der Waals surface area contributed by atoms with Gasteiger partial charge >= 0.3 is 0 Å². The van der Waals surface area contributed by atoms with Crippen LogP contribution in [-0.2, 0) is 22.6 Å². The van der Waals surface area contributed by atoms with Gasteiger partial charge in [-0.15, -0.1) is 0 Å². The highest BCUT2D eigenvalue weighted by Crippen LogP contribution is 2.24. The van der Waals surface area contributed by atoms with Crippen molar-refractivity contribution in [3.05, 3.63) is 95.6 Å². The van der Waals surface area contributed by atoms with E-state index in [9.17, 15) is 9.59 Å². The van der Waals surface area contributed by atoms with Crippen LogP contribution in [0.3, 0.4) is 0 Å². The van der Waals surface area contributed by atoms with E-state index >= 15 is 0 Å². The molecule has 2 saturated heterocycles. The van der Waals surface area contributed by atoms with Crippen LogP contribution in [0.1, 0.15) is 36.0 Å². The molecular weight excluding hydrogens is 538 g/mol. The molecule has 2 heterocycles. The summed E-state index contributed by atoms with van der Waals surface area (Å²) < 4.78 is 5.97. The third kappa shape index (κ3) is 8.66. The van der Waals surface area contributed by atoms with Crippen LogP contribution in [0.25, 0.3) is 0 Å². The second-order valence-electron chi connectivity index (χ2n) is 11.9. The Balaban J connectivity index is 1.35. The van der Waals surface area contributed by atoms with E-state index in [0.717, 1.165) is 73.6 Å². The van der Waals surface area contributed by atoms with Crippen LogP contribution in [0, 0.1) is 12.8 Å². The molecule has 8 nitrogen and oxygen atoms in total. The Morgan fingerprint density at radius 2 is 1.56 bits per heavy atom. The molecule has 5 rings (SSSR count). The van der Waals surface area contributed by atoms with Crippen LogP contribution in [0.2, 0.25) is 0 Å². The molecule has 3 aromatic carbocycles. The van der Waals surface area contributed by atoms with Crippen LogP contribution in [0.4, 0.5) is 0 Å². The van der Waals surface area contributed by atoms with Crippen LogP contribution in [0.15, 0.2) is 78.9 Å². The van der Waals surface area contributed by atoms with Crippen molar-refractivity contribution >= 4 is 11.8 Å². The normalized spacial score (nSPS) is 19.5. The number of piperidine rings is 1. The molecule has 228 valence electrons. The molecular formula is C35H45N5O3. The van der Waals surface area contributed by atoms with Gasteiger partial charge < -0.3 is 30.9 Å². The molecule has 2 atom stereocenters. The van der Waals surface area contributed by atoms with Gasteiger partial charge in [0.2, 0.25) is 11.8 Å². The van der Waals surface area contributed by atoms with Gasteiger partial charge in [0, 0.05) is 26.1 Å². The second-order valence-corrected chi connectivity index (χ2v) is 11.9. The van der Waals surface area contributed by atoms with Gasteiger partial charge in [-0.05, 0) is 93.7 Å². The second kappa shape index (κ2) is 15.1. The molecule has 43 heavy (non-hydrogen) atoms. The van der Waals surface area contributed by atoms with Crippen molar-refractivity contribution in [3.63, 3.8) is 0 Å². The van der Waals surface area contributed by atoms with Gasteiger partial charge in [-0.1, -0.05) is 60.2 Å². The van der Waals surface area contributed by atoms with Crippen molar-refractivity contribution < 1.29 is 14.3 Å². The number of benzene rings is 3. The lowest BCUT2D eigenvalue weighted by molar-refractivity contribution is -0.151. The number of para-hydroxylation sites is 1. The molecule has 2 fully saturated rings. The van der Waals surface area contributed by atoms with Crippen LogP contribution in [0.5, 0.6) is 11.5 Å². The van der Waals surface area contributed by atoms with E-state index in [0.29, 0.717) is 32.0 Å². The molecule has 2 aliphatic rings. The molecule has 0 saturated carbocycles. The maximum atomic E-state index is 14.1. The number of hydrogen-bond acceptors (Lipinski definition) is 6. The number of rotatable bonds is 13. The standard InChI is InChI=1S/C35H45N5O3/c1-26-8-10-27(11-9-26)22-32-35(42)40(24-28-12-14-31(15-13-28)43-30-6-3-2-4-7-30)33(34(41)38-32)25-39(21-5-18-36)23-29-16-19-37-20-17-29/h2-4,6-15,29,32-33,37H,5,16-25,36H2,1H3,(H,38,41)/t32-,33-/m0/s1. The van der Waals surface area contributed by atoms with Gasteiger partial charge in [0.15, 0.2) is 0 Å². The Morgan fingerprint density at radius 3 is 2.26 bits per heavy atom. The number of hydrogen-bond donors (Lipinski definition) is 3. The zero-order valence-electron chi connectivity index (χ0n) is 25.2. The summed E-state index contributed by atoms with van der Waals surface area (Å²) in [6.45, 7) is 7.25. The van der Waals surface area contributed by atoms with Crippen LogP contribution in [-0.4, -0.2) is 73.0 Å². The Hall–Kier alpha value is -3.72. The number of carbonyl (C=O) groups excluding carboxylic acids is 2. The van der Waals surface area contributed by atoms with E-state index in [-0.39, 0.29) is 11.8 Å². The number of ether oxygens (including phenoxy) is 1. The number of nitrogens with one attached hydrogen (secondary N) is 2. The van der Waals surface area contributed by atoms with E-state index in [4.69, 9.17) is 10.5 Å². The van der Waals surface area contributed by atoms with Crippen molar-refractivity contribution in [2.75, 3.05) is 39.3 Å². The Bertz CT molecular complexity index is 1310. The number of piperazine rings is 1. The van der Waals surface area contributed by atoms with E-state index in [1.54, 1.807) is 4.90 Å². The van der Waals surface area contributed by atoms with Gasteiger partial charge in [-0.2, -0.15) is 0 Å². The fraction of sp³-hybridized carbons (Fsp3) is 0.429. The minimum absolute atomic E-state index is 0.0459. The summed E-state index contributed by atoms with van der Waals surface area (Å²) in [5.41, 5.74) is 9.04. The van der Waals surface area contributed by atoms with Gasteiger partial charge in [0.25, 0.3) is 0 Å². The highest BCUT2D eigenvalue weighted by atomic mass is 16.5. The summed E-state index contributed by atoms with van der Waals surface area (Å²) in [4.78, 5) is 32.0. The molecule has 3 aromatic rings.